The van der Waals surface area contributed by atoms with Gasteiger partial charge in [-0.25, -0.2) is 15.0 Å². The monoisotopic (exact) mass is 405 g/mol. The van der Waals surface area contributed by atoms with Crippen LogP contribution in [0.3, 0.4) is 0 Å². The van der Waals surface area contributed by atoms with Crippen molar-refractivity contribution in [1.29, 1.82) is 0 Å². The largest absolute Gasteiger partial charge is 0.475 e. The molecular weight excluding hydrogens is 378 g/mol. The lowest BCUT2D eigenvalue weighted by Crippen LogP contribution is -2.27. The van der Waals surface area contributed by atoms with E-state index in [0.29, 0.717) is 29.6 Å². The molecule has 0 radical (unpaired) electrons. The van der Waals surface area contributed by atoms with Gasteiger partial charge in [-0.15, -0.1) is 0 Å². The number of pyridine rings is 1. The van der Waals surface area contributed by atoms with Crippen LogP contribution in [0.1, 0.15) is 25.7 Å². The summed E-state index contributed by atoms with van der Waals surface area (Å²) in [6.45, 7) is 1.65. The second-order valence-electron chi connectivity index (χ2n) is 7.49. The Labute approximate surface area is 171 Å². The molecule has 0 aliphatic heterocycles. The summed E-state index contributed by atoms with van der Waals surface area (Å²) < 4.78 is 5.61. The van der Waals surface area contributed by atoms with E-state index < -0.39 is 0 Å². The average molecular weight is 406 g/mol. The standard InChI is InChI=1S/C20H28ClN5O2/c1-26(2)7-8-28-20-12-22-18(11-24-20)16-10-23-19(21)9-17(16)25-15-5-3-14(13-27)4-6-15/h9-12,14-15,27H,3-8,13H2,1-2H3,(H,23,25). The van der Waals surface area contributed by atoms with E-state index in [1.54, 1.807) is 18.6 Å². The smallest absolute Gasteiger partial charge is 0.232 e. The molecule has 1 fully saturated rings. The van der Waals surface area contributed by atoms with Crippen molar-refractivity contribution in [1.82, 2.24) is 19.9 Å². The number of halogens is 1. The molecule has 2 aromatic rings. The zero-order chi connectivity index (χ0) is 19.9. The number of rotatable bonds is 8. The molecule has 3 rings (SSSR count). The van der Waals surface area contributed by atoms with Gasteiger partial charge in [-0.1, -0.05) is 11.6 Å². The molecular formula is C20H28ClN5O2. The van der Waals surface area contributed by atoms with Gasteiger partial charge in [0.05, 0.1) is 18.1 Å². The fourth-order valence-electron chi connectivity index (χ4n) is 3.33. The highest BCUT2D eigenvalue weighted by Gasteiger charge is 2.21. The van der Waals surface area contributed by atoms with Crippen LogP contribution in [0.2, 0.25) is 5.15 Å². The van der Waals surface area contributed by atoms with Crippen LogP contribution in [0.15, 0.2) is 24.7 Å². The summed E-state index contributed by atoms with van der Waals surface area (Å²) >= 11 is 6.13. The summed E-state index contributed by atoms with van der Waals surface area (Å²) in [7, 11) is 3.99. The second-order valence-corrected chi connectivity index (χ2v) is 7.88. The van der Waals surface area contributed by atoms with E-state index in [1.165, 1.54) is 0 Å². The molecule has 7 nitrogen and oxygen atoms in total. The minimum Gasteiger partial charge on any atom is -0.475 e. The number of nitrogens with one attached hydrogen (secondary N) is 1. The van der Waals surface area contributed by atoms with Crippen molar-refractivity contribution < 1.29 is 9.84 Å². The van der Waals surface area contributed by atoms with E-state index in [1.807, 2.05) is 25.1 Å². The summed E-state index contributed by atoms with van der Waals surface area (Å²) in [6, 6.07) is 2.18. The number of nitrogens with zero attached hydrogens (tertiary/aromatic N) is 4. The maximum absolute atomic E-state index is 9.33. The number of aliphatic hydroxyl groups is 1. The first-order chi connectivity index (χ1) is 13.5. The highest BCUT2D eigenvalue weighted by molar-refractivity contribution is 6.29. The highest BCUT2D eigenvalue weighted by Crippen LogP contribution is 2.32. The van der Waals surface area contributed by atoms with Gasteiger partial charge < -0.3 is 20.1 Å². The van der Waals surface area contributed by atoms with Crippen LogP contribution in [0.5, 0.6) is 5.88 Å². The minimum absolute atomic E-state index is 0.275. The lowest BCUT2D eigenvalue weighted by molar-refractivity contribution is 0.186. The molecule has 1 aliphatic carbocycles. The third-order valence-corrected chi connectivity index (χ3v) is 5.23. The molecule has 0 spiro atoms. The summed E-state index contributed by atoms with van der Waals surface area (Å²) in [4.78, 5) is 15.1. The lowest BCUT2D eigenvalue weighted by atomic mass is 9.86. The van der Waals surface area contributed by atoms with E-state index in [-0.39, 0.29) is 6.61 Å². The Morgan fingerprint density at radius 2 is 1.93 bits per heavy atom. The third kappa shape index (κ3) is 5.77. The molecule has 0 saturated heterocycles. The first-order valence-corrected chi connectivity index (χ1v) is 10.1. The van der Waals surface area contributed by atoms with Crippen molar-refractivity contribution >= 4 is 17.3 Å². The fraction of sp³-hybridized carbons (Fsp3) is 0.550. The van der Waals surface area contributed by atoms with Gasteiger partial charge in [0, 0.05) is 36.6 Å². The van der Waals surface area contributed by atoms with Crippen molar-refractivity contribution in [2.45, 2.75) is 31.7 Å². The van der Waals surface area contributed by atoms with Crippen LogP contribution in [-0.4, -0.2) is 64.9 Å². The first-order valence-electron chi connectivity index (χ1n) is 9.68. The number of anilines is 1. The third-order valence-electron chi connectivity index (χ3n) is 5.03. The Balaban J connectivity index is 1.70. The number of likely N-dealkylation sites (N-methyl/N-ethyl adjacent to an activating group) is 1. The van der Waals surface area contributed by atoms with Crippen LogP contribution in [-0.2, 0) is 0 Å². The second kappa shape index (κ2) is 10.0. The summed E-state index contributed by atoms with van der Waals surface area (Å²) in [6.07, 6.45) is 9.16. The molecule has 0 unspecified atom stereocenters. The molecule has 152 valence electrons. The minimum atomic E-state index is 0.275. The lowest BCUT2D eigenvalue weighted by Gasteiger charge is -2.29. The van der Waals surface area contributed by atoms with E-state index >= 15 is 0 Å². The number of hydrogen-bond donors (Lipinski definition) is 2. The SMILES string of the molecule is CN(C)CCOc1cnc(-c2cnc(Cl)cc2NC2CCC(CO)CC2)cn1. The highest BCUT2D eigenvalue weighted by atomic mass is 35.5. The Morgan fingerprint density at radius 3 is 2.57 bits per heavy atom. The quantitative estimate of drug-likeness (QED) is 0.653. The number of aliphatic hydroxyl groups excluding tert-OH is 1. The molecule has 2 heterocycles. The predicted octanol–water partition coefficient (Wildman–Crippen LogP) is 3.10. The van der Waals surface area contributed by atoms with Gasteiger partial charge >= 0.3 is 0 Å². The Bertz CT molecular complexity index is 749. The van der Waals surface area contributed by atoms with Crippen LogP contribution in [0.4, 0.5) is 5.69 Å². The van der Waals surface area contributed by atoms with Crippen molar-refractivity contribution in [3.05, 3.63) is 29.8 Å². The zero-order valence-electron chi connectivity index (χ0n) is 16.4. The van der Waals surface area contributed by atoms with Gasteiger partial charge in [-0.2, -0.15) is 0 Å². The Morgan fingerprint density at radius 1 is 1.14 bits per heavy atom. The molecule has 28 heavy (non-hydrogen) atoms. The number of hydrogen-bond acceptors (Lipinski definition) is 7. The Kier molecular flexibility index (Phi) is 7.42. The average Bonchev–Trinajstić information content (AvgIpc) is 2.69. The maximum Gasteiger partial charge on any atom is 0.232 e. The van der Waals surface area contributed by atoms with E-state index in [9.17, 15) is 5.11 Å². The van der Waals surface area contributed by atoms with Gasteiger partial charge in [-0.3, -0.25) is 0 Å². The topological polar surface area (TPSA) is 83.4 Å². The Hall–Kier alpha value is -1.96. The normalized spacial score (nSPS) is 19.6. The predicted molar refractivity (Wildman–Crippen MR) is 111 cm³/mol. The van der Waals surface area contributed by atoms with Gasteiger partial charge in [0.25, 0.3) is 0 Å². The van der Waals surface area contributed by atoms with Crippen LogP contribution in [0.25, 0.3) is 11.3 Å². The van der Waals surface area contributed by atoms with Crippen LogP contribution < -0.4 is 10.1 Å². The number of aromatic nitrogens is 3. The van der Waals surface area contributed by atoms with Crippen molar-refractivity contribution in [3.63, 3.8) is 0 Å². The van der Waals surface area contributed by atoms with Crippen LogP contribution >= 0.6 is 11.6 Å². The molecule has 0 amide bonds. The van der Waals surface area contributed by atoms with E-state index in [2.05, 4.69) is 20.3 Å². The van der Waals surface area contributed by atoms with Gasteiger partial charge in [0.2, 0.25) is 5.88 Å². The van der Waals surface area contributed by atoms with Crippen molar-refractivity contribution in [2.24, 2.45) is 5.92 Å². The fourth-order valence-corrected chi connectivity index (χ4v) is 3.48. The molecule has 0 aromatic carbocycles. The zero-order valence-corrected chi connectivity index (χ0v) is 17.2. The summed E-state index contributed by atoms with van der Waals surface area (Å²) in [5.74, 6) is 0.925. The van der Waals surface area contributed by atoms with Crippen molar-refractivity contribution in [2.75, 3.05) is 39.2 Å². The molecule has 1 saturated carbocycles. The van der Waals surface area contributed by atoms with Crippen LogP contribution in [0, 0.1) is 5.92 Å². The molecule has 2 aromatic heterocycles. The van der Waals surface area contributed by atoms with Crippen molar-refractivity contribution in [3.8, 4) is 17.1 Å². The van der Waals surface area contributed by atoms with E-state index in [4.69, 9.17) is 16.3 Å². The van der Waals surface area contributed by atoms with Gasteiger partial charge in [-0.05, 0) is 51.8 Å². The first kappa shape index (κ1) is 20.8. The maximum atomic E-state index is 9.33. The van der Waals surface area contributed by atoms with Gasteiger partial charge in [0.15, 0.2) is 0 Å². The molecule has 1 aliphatic rings. The molecule has 8 heteroatoms. The number of ether oxygens (including phenoxy) is 1. The molecule has 0 atom stereocenters. The summed E-state index contributed by atoms with van der Waals surface area (Å²) in [5, 5.41) is 13.3. The van der Waals surface area contributed by atoms with E-state index in [0.717, 1.165) is 49.2 Å². The summed E-state index contributed by atoms with van der Waals surface area (Å²) in [5.41, 5.74) is 2.49. The molecule has 2 N–H and O–H groups in total. The van der Waals surface area contributed by atoms with Gasteiger partial charge in [0.1, 0.15) is 11.8 Å². The molecule has 0 bridgehead atoms.